The van der Waals surface area contributed by atoms with Crippen molar-refractivity contribution in [2.24, 2.45) is 5.92 Å². The van der Waals surface area contributed by atoms with Gasteiger partial charge in [-0.1, -0.05) is 18.9 Å². The number of amides is 1. The van der Waals surface area contributed by atoms with E-state index in [-0.39, 0.29) is 11.9 Å². The number of anilines is 2. The molecule has 0 heterocycles. The summed E-state index contributed by atoms with van der Waals surface area (Å²) < 4.78 is 0. The highest BCUT2D eigenvalue weighted by molar-refractivity contribution is 5.94. The number of hydrogen-bond acceptors (Lipinski definition) is 3. The van der Waals surface area contributed by atoms with Gasteiger partial charge in [0.1, 0.15) is 0 Å². The molecule has 0 aromatic heterocycles. The second-order valence-corrected chi connectivity index (χ2v) is 5.88. The third-order valence-corrected chi connectivity index (χ3v) is 4.22. The first kappa shape index (κ1) is 14.9. The summed E-state index contributed by atoms with van der Waals surface area (Å²) in [6.07, 6.45) is 5.27. The second-order valence-electron chi connectivity index (χ2n) is 5.88. The number of hydrogen-bond donors (Lipinski definition) is 2. The van der Waals surface area contributed by atoms with Gasteiger partial charge in [0.25, 0.3) is 0 Å². The topological polar surface area (TPSA) is 58.4 Å². The van der Waals surface area contributed by atoms with Crippen LogP contribution in [-0.4, -0.2) is 30.4 Å². The molecule has 3 N–H and O–H groups in total. The highest BCUT2D eigenvalue weighted by Crippen LogP contribution is 2.25. The van der Waals surface area contributed by atoms with Gasteiger partial charge < -0.3 is 11.1 Å². The third-order valence-electron chi connectivity index (χ3n) is 4.22. The fraction of sp³-hybridized carbons (Fsp3) is 0.562. The van der Waals surface area contributed by atoms with Crippen molar-refractivity contribution in [3.8, 4) is 0 Å². The van der Waals surface area contributed by atoms with E-state index in [0.29, 0.717) is 5.69 Å². The van der Waals surface area contributed by atoms with Crippen LogP contribution in [-0.2, 0) is 4.79 Å². The van der Waals surface area contributed by atoms with E-state index >= 15 is 0 Å². The minimum Gasteiger partial charge on any atom is -0.399 e. The normalized spacial score (nSPS) is 17.4. The predicted octanol–water partition coefficient (Wildman–Crippen LogP) is 2.72. The van der Waals surface area contributed by atoms with Crippen molar-refractivity contribution >= 4 is 17.3 Å². The number of carbonyl (C=O) groups excluding carboxylic acids is 1. The molecule has 1 unspecified atom stereocenters. The molecule has 1 aromatic carbocycles. The quantitative estimate of drug-likeness (QED) is 0.812. The maximum absolute atomic E-state index is 12.2. The zero-order valence-electron chi connectivity index (χ0n) is 12.4. The van der Waals surface area contributed by atoms with Gasteiger partial charge in [-0.3, -0.25) is 9.69 Å². The van der Waals surface area contributed by atoms with E-state index in [0.717, 1.165) is 18.2 Å². The molecule has 1 aromatic rings. The lowest BCUT2D eigenvalue weighted by Gasteiger charge is -2.26. The monoisotopic (exact) mass is 275 g/mol. The number of likely N-dealkylation sites (N-methyl/N-ethyl adjacent to an activating group) is 1. The van der Waals surface area contributed by atoms with Crippen molar-refractivity contribution in [1.82, 2.24) is 4.90 Å². The van der Waals surface area contributed by atoms with Crippen LogP contribution >= 0.6 is 0 Å². The van der Waals surface area contributed by atoms with Gasteiger partial charge in [0, 0.05) is 17.9 Å². The van der Waals surface area contributed by atoms with Gasteiger partial charge in [-0.15, -0.1) is 0 Å². The number of nitrogens with one attached hydrogen (secondary N) is 1. The van der Waals surface area contributed by atoms with Crippen LogP contribution in [0.4, 0.5) is 11.4 Å². The molecule has 1 fully saturated rings. The summed E-state index contributed by atoms with van der Waals surface area (Å²) in [4.78, 5) is 14.4. The summed E-state index contributed by atoms with van der Waals surface area (Å²) in [6.45, 7) is 2.96. The lowest BCUT2D eigenvalue weighted by Crippen LogP contribution is -2.41. The van der Waals surface area contributed by atoms with Crippen LogP contribution in [0.2, 0.25) is 0 Å². The average Bonchev–Trinajstić information content (AvgIpc) is 2.90. The summed E-state index contributed by atoms with van der Waals surface area (Å²) >= 11 is 0. The third kappa shape index (κ3) is 3.97. The first-order valence-corrected chi connectivity index (χ1v) is 7.43. The summed E-state index contributed by atoms with van der Waals surface area (Å²) in [5.74, 6) is 0.777. The van der Waals surface area contributed by atoms with Gasteiger partial charge in [0.15, 0.2) is 0 Å². The lowest BCUT2D eigenvalue weighted by atomic mass is 10.1. The van der Waals surface area contributed by atoms with E-state index in [1.54, 1.807) is 6.07 Å². The minimum absolute atomic E-state index is 0.0242. The molecule has 110 valence electrons. The smallest absolute Gasteiger partial charge is 0.241 e. The standard InChI is InChI=1S/C16H25N3O/c1-12(19(2)11-13-6-3-4-7-13)16(20)18-15-9-5-8-14(17)10-15/h5,8-10,12-13H,3-4,6-7,11,17H2,1-2H3,(H,18,20). The van der Waals surface area contributed by atoms with E-state index in [9.17, 15) is 4.79 Å². The Bertz CT molecular complexity index is 455. The Hall–Kier alpha value is -1.55. The van der Waals surface area contributed by atoms with Gasteiger partial charge in [-0.25, -0.2) is 0 Å². The molecule has 4 heteroatoms. The molecule has 20 heavy (non-hydrogen) atoms. The zero-order valence-corrected chi connectivity index (χ0v) is 12.4. The Balaban J connectivity index is 1.87. The molecule has 1 saturated carbocycles. The molecule has 0 spiro atoms. The van der Waals surface area contributed by atoms with Gasteiger partial charge >= 0.3 is 0 Å². The van der Waals surface area contributed by atoms with E-state index in [4.69, 9.17) is 5.73 Å². The first-order valence-electron chi connectivity index (χ1n) is 7.43. The Morgan fingerprint density at radius 1 is 1.45 bits per heavy atom. The zero-order chi connectivity index (χ0) is 14.5. The molecule has 0 radical (unpaired) electrons. The van der Waals surface area contributed by atoms with E-state index in [1.165, 1.54) is 25.7 Å². The largest absolute Gasteiger partial charge is 0.399 e. The lowest BCUT2D eigenvalue weighted by molar-refractivity contribution is -0.120. The Morgan fingerprint density at radius 2 is 2.15 bits per heavy atom. The Kier molecular flexibility index (Phi) is 5.01. The minimum atomic E-state index is -0.128. The van der Waals surface area contributed by atoms with Crippen LogP contribution in [0.1, 0.15) is 32.6 Å². The number of carbonyl (C=O) groups is 1. The molecule has 0 bridgehead atoms. The maximum atomic E-state index is 12.2. The van der Waals surface area contributed by atoms with Crippen LogP contribution in [0.25, 0.3) is 0 Å². The van der Waals surface area contributed by atoms with Crippen molar-refractivity contribution in [3.63, 3.8) is 0 Å². The Morgan fingerprint density at radius 3 is 2.80 bits per heavy atom. The van der Waals surface area contributed by atoms with Gasteiger partial charge in [-0.2, -0.15) is 0 Å². The van der Waals surface area contributed by atoms with Gasteiger partial charge in [0.05, 0.1) is 6.04 Å². The molecule has 2 rings (SSSR count). The molecule has 0 aliphatic heterocycles. The summed E-state index contributed by atoms with van der Waals surface area (Å²) in [7, 11) is 2.03. The number of rotatable bonds is 5. The number of nitrogen functional groups attached to an aromatic ring is 1. The fourth-order valence-electron chi connectivity index (χ4n) is 2.82. The molecule has 1 atom stereocenters. The van der Waals surface area contributed by atoms with Crippen LogP contribution < -0.4 is 11.1 Å². The summed E-state index contributed by atoms with van der Waals surface area (Å²) in [5.41, 5.74) is 7.14. The molecule has 1 aliphatic carbocycles. The van der Waals surface area contributed by atoms with E-state index < -0.39 is 0 Å². The maximum Gasteiger partial charge on any atom is 0.241 e. The van der Waals surface area contributed by atoms with Gasteiger partial charge in [-0.05, 0) is 50.9 Å². The molecule has 1 amide bonds. The fourth-order valence-corrected chi connectivity index (χ4v) is 2.82. The van der Waals surface area contributed by atoms with Crippen molar-refractivity contribution in [2.45, 2.75) is 38.6 Å². The molecule has 0 saturated heterocycles. The molecular weight excluding hydrogens is 250 g/mol. The van der Waals surface area contributed by atoms with Gasteiger partial charge in [0.2, 0.25) is 5.91 Å². The number of nitrogens with two attached hydrogens (primary N) is 1. The van der Waals surface area contributed by atoms with E-state index in [1.807, 2.05) is 32.2 Å². The highest BCUT2D eigenvalue weighted by atomic mass is 16.2. The molecule has 4 nitrogen and oxygen atoms in total. The Labute approximate surface area is 121 Å². The van der Waals surface area contributed by atoms with Crippen molar-refractivity contribution in [2.75, 3.05) is 24.6 Å². The average molecular weight is 275 g/mol. The van der Waals surface area contributed by atoms with Crippen molar-refractivity contribution in [3.05, 3.63) is 24.3 Å². The number of nitrogens with zero attached hydrogens (tertiary/aromatic N) is 1. The summed E-state index contributed by atoms with van der Waals surface area (Å²) in [6, 6.07) is 7.17. The first-order chi connectivity index (χ1) is 9.56. The van der Waals surface area contributed by atoms with Crippen molar-refractivity contribution < 1.29 is 4.79 Å². The highest BCUT2D eigenvalue weighted by Gasteiger charge is 2.23. The van der Waals surface area contributed by atoms with E-state index in [2.05, 4.69) is 10.2 Å². The van der Waals surface area contributed by atoms with Crippen LogP contribution in [0, 0.1) is 5.92 Å². The molecular formula is C16H25N3O. The van der Waals surface area contributed by atoms with Crippen LogP contribution in [0.15, 0.2) is 24.3 Å². The predicted molar refractivity (Wildman–Crippen MR) is 83.5 cm³/mol. The SMILES string of the molecule is CC(C(=O)Nc1cccc(N)c1)N(C)CC1CCCC1. The second kappa shape index (κ2) is 6.75. The number of benzene rings is 1. The van der Waals surface area contributed by atoms with Crippen LogP contribution in [0.3, 0.4) is 0 Å². The molecule has 1 aliphatic rings. The summed E-state index contributed by atoms with van der Waals surface area (Å²) in [5, 5.41) is 2.93. The van der Waals surface area contributed by atoms with Crippen molar-refractivity contribution in [1.29, 1.82) is 0 Å². The van der Waals surface area contributed by atoms with Crippen LogP contribution in [0.5, 0.6) is 0 Å².